The molecule has 1 aromatic carbocycles. The summed E-state index contributed by atoms with van der Waals surface area (Å²) < 4.78 is 18.6. The molecule has 1 fully saturated rings. The molecule has 1 aliphatic heterocycles. The summed E-state index contributed by atoms with van der Waals surface area (Å²) in [5.41, 5.74) is 0.431. The summed E-state index contributed by atoms with van der Waals surface area (Å²) in [5.74, 6) is -1.82. The normalized spacial score (nSPS) is 18.7. The zero-order valence-corrected chi connectivity index (χ0v) is 10.6. The number of halogens is 1. The number of hydrogen-bond acceptors (Lipinski definition) is 3. The van der Waals surface area contributed by atoms with Crippen molar-refractivity contribution in [3.63, 3.8) is 0 Å². The van der Waals surface area contributed by atoms with E-state index in [1.807, 2.05) is 0 Å². The maximum absolute atomic E-state index is 13.8. The van der Waals surface area contributed by atoms with E-state index in [0.29, 0.717) is 0 Å². The summed E-state index contributed by atoms with van der Waals surface area (Å²) in [6, 6.07) is 4.11. The van der Waals surface area contributed by atoms with Crippen LogP contribution in [0.2, 0.25) is 0 Å². The highest BCUT2D eigenvalue weighted by molar-refractivity contribution is 6.32. The molecular weight excluding hydrogens is 248 g/mol. The number of carbonyl (C=O) groups excluding carboxylic acids is 2. The van der Waals surface area contributed by atoms with E-state index < -0.39 is 17.7 Å². The average molecular weight is 261 g/mol. The summed E-state index contributed by atoms with van der Waals surface area (Å²) in [4.78, 5) is 24.7. The van der Waals surface area contributed by atoms with Gasteiger partial charge in [-0.15, -0.1) is 0 Å². The number of anilines is 1. The van der Waals surface area contributed by atoms with Crippen LogP contribution < -0.4 is 10.4 Å². The lowest BCUT2D eigenvalue weighted by molar-refractivity contribution is -0.147. The van der Waals surface area contributed by atoms with E-state index in [1.165, 1.54) is 17.0 Å². The van der Waals surface area contributed by atoms with Crippen LogP contribution in [0.25, 0.3) is 0 Å². The molecule has 0 aliphatic carbocycles. The third kappa shape index (κ3) is 2.77. The second kappa shape index (κ2) is 5.42. The van der Waals surface area contributed by atoms with Crippen LogP contribution in [-0.2, 0) is 14.3 Å². The van der Waals surface area contributed by atoms with Crippen LogP contribution in [0.15, 0.2) is 18.2 Å². The molecule has 0 N–H and O–H groups in total. The molecule has 1 amide bonds. The highest BCUT2D eigenvalue weighted by Gasteiger charge is 2.36. The first-order valence-corrected chi connectivity index (χ1v) is 6.05. The van der Waals surface area contributed by atoms with Crippen molar-refractivity contribution in [3.05, 3.63) is 24.0 Å². The van der Waals surface area contributed by atoms with Gasteiger partial charge < -0.3 is 9.64 Å². The second-order valence-corrected chi connectivity index (χ2v) is 4.37. The van der Waals surface area contributed by atoms with Crippen molar-refractivity contribution in [2.24, 2.45) is 5.92 Å². The highest BCUT2D eigenvalue weighted by Crippen LogP contribution is 2.27. The van der Waals surface area contributed by atoms with Gasteiger partial charge in [0.1, 0.15) is 13.7 Å². The first kappa shape index (κ1) is 13.6. The molecule has 1 atom stereocenters. The summed E-state index contributed by atoms with van der Waals surface area (Å²) in [5, 5.41) is 0. The van der Waals surface area contributed by atoms with Gasteiger partial charge in [-0.05, 0) is 19.1 Å². The largest absolute Gasteiger partial charge is 0.466 e. The van der Waals surface area contributed by atoms with Gasteiger partial charge in [-0.2, -0.15) is 0 Å². The summed E-state index contributed by atoms with van der Waals surface area (Å²) in [6.45, 7) is 2.10. The number of esters is 1. The lowest BCUT2D eigenvalue weighted by Gasteiger charge is -2.17. The van der Waals surface area contributed by atoms with Crippen LogP contribution in [0.3, 0.4) is 0 Å². The quantitative estimate of drug-likeness (QED) is 0.589. The smallest absolute Gasteiger partial charge is 0.311 e. The molecular formula is C13H13BFNO3. The van der Waals surface area contributed by atoms with E-state index >= 15 is 0 Å². The fourth-order valence-electron chi connectivity index (χ4n) is 2.10. The van der Waals surface area contributed by atoms with Gasteiger partial charge in [-0.3, -0.25) is 9.59 Å². The van der Waals surface area contributed by atoms with Crippen molar-refractivity contribution in [3.8, 4) is 0 Å². The fraction of sp³-hybridized carbons (Fsp3) is 0.385. The number of ether oxygens (including phenoxy) is 1. The average Bonchev–Trinajstić information content (AvgIpc) is 2.72. The molecule has 98 valence electrons. The topological polar surface area (TPSA) is 46.6 Å². The van der Waals surface area contributed by atoms with Crippen LogP contribution in [0.1, 0.15) is 13.3 Å². The van der Waals surface area contributed by atoms with Crippen LogP contribution >= 0.6 is 0 Å². The van der Waals surface area contributed by atoms with Gasteiger partial charge in [-0.1, -0.05) is 11.5 Å². The molecule has 4 nitrogen and oxygen atoms in total. The Bertz CT molecular complexity index is 521. The Balaban J connectivity index is 2.18. The van der Waals surface area contributed by atoms with E-state index in [1.54, 1.807) is 6.92 Å². The minimum Gasteiger partial charge on any atom is -0.466 e. The van der Waals surface area contributed by atoms with Crippen molar-refractivity contribution in [2.45, 2.75) is 13.3 Å². The molecule has 2 rings (SSSR count). The zero-order valence-electron chi connectivity index (χ0n) is 10.6. The van der Waals surface area contributed by atoms with E-state index in [-0.39, 0.29) is 36.6 Å². The standard InChI is InChI=1S/C13H13BFNO3/c1-2-19-13(18)8-5-12(17)16(7-8)11-4-3-9(14)6-10(11)15/h3-4,6,8H,2,5,7H2,1H3/t8-/m1/s1. The van der Waals surface area contributed by atoms with Crippen LogP contribution in [-0.4, -0.2) is 32.9 Å². The van der Waals surface area contributed by atoms with Gasteiger partial charge in [0.05, 0.1) is 18.2 Å². The highest BCUT2D eigenvalue weighted by atomic mass is 19.1. The number of nitrogens with zero attached hydrogens (tertiary/aromatic N) is 1. The van der Waals surface area contributed by atoms with Crippen molar-refractivity contribution in [2.75, 3.05) is 18.1 Å². The maximum atomic E-state index is 13.8. The molecule has 0 saturated carbocycles. The Morgan fingerprint density at radius 3 is 2.95 bits per heavy atom. The monoisotopic (exact) mass is 261 g/mol. The summed E-state index contributed by atoms with van der Waals surface area (Å²) >= 11 is 0. The molecule has 0 spiro atoms. The van der Waals surface area contributed by atoms with Gasteiger partial charge in [-0.25, -0.2) is 4.39 Å². The van der Waals surface area contributed by atoms with E-state index in [0.717, 1.165) is 6.07 Å². The van der Waals surface area contributed by atoms with Gasteiger partial charge in [0.25, 0.3) is 0 Å². The Kier molecular flexibility index (Phi) is 3.88. The van der Waals surface area contributed by atoms with Crippen molar-refractivity contribution < 1.29 is 18.7 Å². The second-order valence-electron chi connectivity index (χ2n) is 4.37. The lowest BCUT2D eigenvalue weighted by atomic mass is 9.96. The predicted octanol–water partition coefficient (Wildman–Crippen LogP) is 0.535. The molecule has 1 saturated heterocycles. The van der Waals surface area contributed by atoms with Crippen molar-refractivity contribution >= 4 is 30.9 Å². The number of rotatable bonds is 3. The zero-order chi connectivity index (χ0) is 14.0. The lowest BCUT2D eigenvalue weighted by Crippen LogP contribution is -2.27. The molecule has 19 heavy (non-hydrogen) atoms. The third-order valence-electron chi connectivity index (χ3n) is 3.01. The maximum Gasteiger partial charge on any atom is 0.311 e. The van der Waals surface area contributed by atoms with Gasteiger partial charge in [0, 0.05) is 13.0 Å². The number of benzene rings is 1. The van der Waals surface area contributed by atoms with Crippen molar-refractivity contribution in [1.82, 2.24) is 0 Å². The Morgan fingerprint density at radius 1 is 1.58 bits per heavy atom. The van der Waals surface area contributed by atoms with E-state index in [9.17, 15) is 14.0 Å². The Morgan fingerprint density at radius 2 is 2.32 bits per heavy atom. The third-order valence-corrected chi connectivity index (χ3v) is 3.01. The van der Waals surface area contributed by atoms with Crippen LogP contribution in [0, 0.1) is 11.7 Å². The SMILES string of the molecule is [B]c1ccc(N2C[C@H](C(=O)OCC)CC2=O)c(F)c1. The fourth-order valence-corrected chi connectivity index (χ4v) is 2.10. The number of amides is 1. The van der Waals surface area contributed by atoms with Crippen LogP contribution in [0.5, 0.6) is 0 Å². The van der Waals surface area contributed by atoms with E-state index in [2.05, 4.69) is 0 Å². The Hall–Kier alpha value is -1.85. The molecule has 1 aliphatic rings. The Labute approximate surface area is 111 Å². The van der Waals surface area contributed by atoms with Gasteiger partial charge in [0.15, 0.2) is 0 Å². The first-order chi connectivity index (χ1) is 9.02. The molecule has 1 heterocycles. The van der Waals surface area contributed by atoms with Gasteiger partial charge in [0.2, 0.25) is 5.91 Å². The molecule has 1 aromatic rings. The molecule has 0 aromatic heterocycles. The minimum absolute atomic E-state index is 0.0443. The first-order valence-electron chi connectivity index (χ1n) is 6.05. The number of hydrogen-bond donors (Lipinski definition) is 0. The molecule has 2 radical (unpaired) electrons. The molecule has 6 heteroatoms. The summed E-state index contributed by atoms with van der Waals surface area (Å²) in [7, 11) is 5.46. The molecule has 0 bridgehead atoms. The number of carbonyl (C=O) groups is 2. The van der Waals surface area contributed by atoms with Crippen molar-refractivity contribution in [1.29, 1.82) is 0 Å². The van der Waals surface area contributed by atoms with Gasteiger partial charge >= 0.3 is 5.97 Å². The van der Waals surface area contributed by atoms with E-state index in [4.69, 9.17) is 12.6 Å². The van der Waals surface area contributed by atoms with Crippen LogP contribution in [0.4, 0.5) is 10.1 Å². The predicted molar refractivity (Wildman–Crippen MR) is 68.9 cm³/mol. The summed E-state index contributed by atoms with van der Waals surface area (Å²) in [6.07, 6.45) is 0.0443. The minimum atomic E-state index is -0.571. The molecule has 0 unspecified atom stereocenters.